The molecule has 0 N–H and O–H groups in total. The maximum Gasteiger partial charge on any atom is 0.203 e. The number of halogens is 3. The number of hydrogen-bond acceptors (Lipinski definition) is 2. The van der Waals surface area contributed by atoms with Crippen molar-refractivity contribution >= 4 is 71.4 Å². The lowest BCUT2D eigenvalue weighted by Gasteiger charge is -2.02. The van der Waals surface area contributed by atoms with Gasteiger partial charge in [-0.2, -0.15) is 0 Å². The molecule has 0 fully saturated rings. The Balaban J connectivity index is 2.05. The molecule has 0 unspecified atom stereocenters. The van der Waals surface area contributed by atoms with Gasteiger partial charge in [-0.05, 0) is 51.0 Å². The molecule has 1 aromatic heterocycles. The van der Waals surface area contributed by atoms with Crippen molar-refractivity contribution in [2.45, 2.75) is 0 Å². The molecule has 0 saturated heterocycles. The van der Waals surface area contributed by atoms with Crippen LogP contribution in [0, 0.1) is 0 Å². The molecule has 0 bridgehead atoms. The number of rotatable bonds is 2. The maximum absolute atomic E-state index is 12.4. The highest BCUT2D eigenvalue weighted by Gasteiger charge is 2.14. The molecule has 0 radical (unpaired) electrons. The van der Waals surface area contributed by atoms with Crippen LogP contribution in [0.4, 0.5) is 0 Å². The number of fused-ring (bicyclic) bond motifs is 1. The summed E-state index contributed by atoms with van der Waals surface area (Å²) in [7, 11) is 0. The molecule has 0 aliphatic rings. The van der Waals surface area contributed by atoms with Crippen LogP contribution in [0.5, 0.6) is 0 Å². The standard InChI is InChI=1S/C15H7Br2ClOS/c16-11-4-3-8-5-10(2-1-9(8)6-11)14(19)13-7-12(18)15(17)20-13/h1-7H. The lowest BCUT2D eigenvalue weighted by molar-refractivity contribution is 0.104. The van der Waals surface area contributed by atoms with Gasteiger partial charge in [0.1, 0.15) is 0 Å². The zero-order valence-corrected chi connectivity index (χ0v) is 14.7. The van der Waals surface area contributed by atoms with Crippen molar-refractivity contribution in [2.75, 3.05) is 0 Å². The summed E-state index contributed by atoms with van der Waals surface area (Å²) in [5.74, 6) is -0.00702. The second kappa shape index (κ2) is 5.60. The molecule has 2 aromatic carbocycles. The van der Waals surface area contributed by atoms with Gasteiger partial charge >= 0.3 is 0 Å². The Morgan fingerprint density at radius 3 is 2.40 bits per heavy atom. The van der Waals surface area contributed by atoms with Crippen molar-refractivity contribution in [1.82, 2.24) is 0 Å². The first-order valence-corrected chi connectivity index (χ1v) is 8.51. The third kappa shape index (κ3) is 2.70. The topological polar surface area (TPSA) is 17.1 Å². The maximum atomic E-state index is 12.4. The molecule has 3 rings (SSSR count). The molecule has 0 spiro atoms. The van der Waals surface area contributed by atoms with Gasteiger partial charge in [-0.15, -0.1) is 11.3 Å². The summed E-state index contributed by atoms with van der Waals surface area (Å²) in [6, 6.07) is 13.4. The number of benzene rings is 2. The largest absolute Gasteiger partial charge is 0.288 e. The number of ketones is 1. The van der Waals surface area contributed by atoms with Gasteiger partial charge in [0.2, 0.25) is 5.78 Å². The smallest absolute Gasteiger partial charge is 0.203 e. The first-order chi connectivity index (χ1) is 9.54. The highest BCUT2D eigenvalue weighted by Crippen LogP contribution is 2.33. The molecular weight excluding hydrogens is 423 g/mol. The van der Waals surface area contributed by atoms with E-state index in [0.29, 0.717) is 15.5 Å². The molecule has 0 saturated carbocycles. The average Bonchev–Trinajstić information content (AvgIpc) is 2.77. The summed E-state index contributed by atoms with van der Waals surface area (Å²) < 4.78 is 1.81. The van der Waals surface area contributed by atoms with E-state index in [2.05, 4.69) is 31.9 Å². The molecule has 100 valence electrons. The summed E-state index contributed by atoms with van der Waals surface area (Å²) in [5, 5.41) is 2.71. The van der Waals surface area contributed by atoms with Gasteiger partial charge in [-0.25, -0.2) is 0 Å². The van der Waals surface area contributed by atoms with Gasteiger partial charge in [0, 0.05) is 10.0 Å². The monoisotopic (exact) mass is 428 g/mol. The second-order valence-corrected chi connectivity index (χ2v) is 7.96. The van der Waals surface area contributed by atoms with E-state index >= 15 is 0 Å². The van der Waals surface area contributed by atoms with Crippen molar-refractivity contribution in [3.8, 4) is 0 Å². The molecule has 1 heterocycles. The van der Waals surface area contributed by atoms with Crippen molar-refractivity contribution < 1.29 is 4.79 Å². The van der Waals surface area contributed by atoms with Crippen molar-refractivity contribution in [3.63, 3.8) is 0 Å². The molecule has 3 aromatic rings. The SMILES string of the molecule is O=C(c1ccc2cc(Br)ccc2c1)c1cc(Cl)c(Br)s1. The predicted molar refractivity (Wildman–Crippen MR) is 92.1 cm³/mol. The van der Waals surface area contributed by atoms with Gasteiger partial charge < -0.3 is 0 Å². The van der Waals surface area contributed by atoms with E-state index in [1.165, 1.54) is 11.3 Å². The molecule has 1 nitrogen and oxygen atoms in total. The van der Waals surface area contributed by atoms with Crippen LogP contribution in [0.2, 0.25) is 5.02 Å². The van der Waals surface area contributed by atoms with Crippen molar-refractivity contribution in [3.05, 3.63) is 66.2 Å². The van der Waals surface area contributed by atoms with Gasteiger partial charge in [-0.3, -0.25) is 4.79 Å². The number of carbonyl (C=O) groups excluding carboxylic acids is 1. The summed E-state index contributed by atoms with van der Waals surface area (Å²) >= 11 is 14.1. The summed E-state index contributed by atoms with van der Waals surface area (Å²) in [5.41, 5.74) is 0.672. The Hall–Kier alpha value is -0.680. The quantitative estimate of drug-likeness (QED) is 0.436. The van der Waals surface area contributed by atoms with Crippen molar-refractivity contribution in [1.29, 1.82) is 0 Å². The van der Waals surface area contributed by atoms with Crippen LogP contribution < -0.4 is 0 Å². The van der Waals surface area contributed by atoms with E-state index in [-0.39, 0.29) is 5.78 Å². The Morgan fingerprint density at radius 2 is 1.70 bits per heavy atom. The minimum Gasteiger partial charge on any atom is -0.288 e. The first kappa shape index (κ1) is 14.3. The first-order valence-electron chi connectivity index (χ1n) is 5.73. The second-order valence-electron chi connectivity index (χ2n) is 4.27. The fourth-order valence-electron chi connectivity index (χ4n) is 1.96. The summed E-state index contributed by atoms with van der Waals surface area (Å²) in [6.07, 6.45) is 0. The minimum absolute atomic E-state index is 0.00702. The van der Waals surface area contributed by atoms with Gasteiger partial charge in [0.15, 0.2) is 0 Å². The summed E-state index contributed by atoms with van der Waals surface area (Å²) in [6.45, 7) is 0. The summed E-state index contributed by atoms with van der Waals surface area (Å²) in [4.78, 5) is 13.1. The highest BCUT2D eigenvalue weighted by atomic mass is 79.9. The predicted octanol–water partition coefficient (Wildman–Crippen LogP) is 6.31. The normalized spacial score (nSPS) is 10.9. The zero-order valence-electron chi connectivity index (χ0n) is 9.99. The van der Waals surface area contributed by atoms with Gasteiger partial charge in [-0.1, -0.05) is 45.7 Å². The molecule has 0 aliphatic carbocycles. The van der Waals surface area contributed by atoms with Crippen LogP contribution in [-0.4, -0.2) is 5.78 Å². The van der Waals surface area contributed by atoms with E-state index in [1.807, 2.05) is 36.4 Å². The number of carbonyl (C=O) groups is 1. The molecular formula is C15H7Br2ClOS. The van der Waals surface area contributed by atoms with E-state index in [4.69, 9.17) is 11.6 Å². The molecule has 0 atom stereocenters. The Labute approximate surface area is 141 Å². The van der Waals surface area contributed by atoms with Gasteiger partial charge in [0.25, 0.3) is 0 Å². The van der Waals surface area contributed by atoms with Crippen LogP contribution in [0.1, 0.15) is 15.2 Å². The fraction of sp³-hybridized carbons (Fsp3) is 0. The Bertz CT molecular complexity index is 806. The van der Waals surface area contributed by atoms with Gasteiger partial charge in [0.05, 0.1) is 13.7 Å². The van der Waals surface area contributed by atoms with Crippen molar-refractivity contribution in [2.24, 2.45) is 0 Å². The lowest BCUT2D eigenvalue weighted by Crippen LogP contribution is -1.98. The van der Waals surface area contributed by atoms with E-state index in [0.717, 1.165) is 19.0 Å². The van der Waals surface area contributed by atoms with E-state index in [9.17, 15) is 4.79 Å². The number of thiophene rings is 1. The van der Waals surface area contributed by atoms with Crippen LogP contribution in [-0.2, 0) is 0 Å². The average molecular weight is 431 g/mol. The van der Waals surface area contributed by atoms with E-state index < -0.39 is 0 Å². The third-order valence-corrected chi connectivity index (χ3v) is 5.90. The molecule has 0 aliphatic heterocycles. The molecule has 0 amide bonds. The van der Waals surface area contributed by atoms with E-state index in [1.54, 1.807) is 6.07 Å². The molecule has 20 heavy (non-hydrogen) atoms. The lowest BCUT2D eigenvalue weighted by atomic mass is 10.0. The van der Waals surface area contributed by atoms with Crippen LogP contribution >= 0.6 is 54.8 Å². The Kier molecular flexibility index (Phi) is 4.00. The van der Waals surface area contributed by atoms with Crippen LogP contribution in [0.15, 0.2) is 50.7 Å². The zero-order chi connectivity index (χ0) is 14.3. The third-order valence-electron chi connectivity index (χ3n) is 2.93. The van der Waals surface area contributed by atoms with Crippen LogP contribution in [0.25, 0.3) is 10.8 Å². The number of hydrogen-bond donors (Lipinski definition) is 0. The van der Waals surface area contributed by atoms with Crippen LogP contribution in [0.3, 0.4) is 0 Å². The fourth-order valence-corrected chi connectivity index (χ4v) is 4.00. The molecule has 5 heteroatoms. The highest BCUT2D eigenvalue weighted by molar-refractivity contribution is 9.11. The Morgan fingerprint density at radius 1 is 1.00 bits per heavy atom. The minimum atomic E-state index is -0.00702.